The Morgan fingerprint density at radius 1 is 1.25 bits per heavy atom. The van der Waals surface area contributed by atoms with Gasteiger partial charge in [-0.25, -0.2) is 4.79 Å². The van der Waals surface area contributed by atoms with Gasteiger partial charge in [0.05, 0.1) is 6.61 Å². The van der Waals surface area contributed by atoms with Crippen molar-refractivity contribution in [3.8, 4) is 0 Å². The summed E-state index contributed by atoms with van der Waals surface area (Å²) < 4.78 is 10.0. The Bertz CT molecular complexity index is 557. The summed E-state index contributed by atoms with van der Waals surface area (Å²) >= 11 is 0. The molecule has 4 nitrogen and oxygen atoms in total. The van der Waals surface area contributed by atoms with Crippen LogP contribution in [0.15, 0.2) is 34.9 Å². The SMILES string of the molecule is CCOC(=O)c1cc(CCCc2ccc(C)cc2)on1. The van der Waals surface area contributed by atoms with E-state index in [1.807, 2.05) is 0 Å². The summed E-state index contributed by atoms with van der Waals surface area (Å²) in [4.78, 5) is 11.4. The number of carbonyl (C=O) groups is 1. The highest BCUT2D eigenvalue weighted by molar-refractivity contribution is 5.87. The molecule has 0 aliphatic rings. The second-order valence-corrected chi connectivity index (χ2v) is 4.74. The molecule has 0 amide bonds. The molecule has 0 saturated heterocycles. The molecule has 2 rings (SSSR count). The van der Waals surface area contributed by atoms with E-state index in [0.29, 0.717) is 6.61 Å². The molecule has 4 heteroatoms. The van der Waals surface area contributed by atoms with Crippen LogP contribution in [-0.4, -0.2) is 17.7 Å². The molecule has 1 heterocycles. The van der Waals surface area contributed by atoms with Crippen LogP contribution in [0.4, 0.5) is 0 Å². The molecule has 106 valence electrons. The third-order valence-corrected chi connectivity index (χ3v) is 3.05. The van der Waals surface area contributed by atoms with Crippen LogP contribution in [0.3, 0.4) is 0 Å². The Kier molecular flexibility index (Phi) is 4.93. The van der Waals surface area contributed by atoms with Crippen LogP contribution in [0.5, 0.6) is 0 Å². The van der Waals surface area contributed by atoms with Crippen LogP contribution < -0.4 is 0 Å². The molecule has 2 aromatic rings. The van der Waals surface area contributed by atoms with Crippen molar-refractivity contribution >= 4 is 5.97 Å². The molecule has 0 spiro atoms. The molecule has 0 fully saturated rings. The first kappa shape index (κ1) is 14.3. The smallest absolute Gasteiger partial charge is 0.360 e. The van der Waals surface area contributed by atoms with Crippen molar-refractivity contribution in [3.05, 3.63) is 52.9 Å². The van der Waals surface area contributed by atoms with E-state index in [0.717, 1.165) is 25.0 Å². The van der Waals surface area contributed by atoms with Gasteiger partial charge in [0.25, 0.3) is 0 Å². The monoisotopic (exact) mass is 273 g/mol. The van der Waals surface area contributed by atoms with Crippen LogP contribution in [-0.2, 0) is 17.6 Å². The first-order valence-corrected chi connectivity index (χ1v) is 6.87. The predicted octanol–water partition coefficient (Wildman–Crippen LogP) is 3.34. The largest absolute Gasteiger partial charge is 0.461 e. The van der Waals surface area contributed by atoms with Gasteiger partial charge in [-0.2, -0.15) is 0 Å². The third-order valence-electron chi connectivity index (χ3n) is 3.05. The number of nitrogens with zero attached hydrogens (tertiary/aromatic N) is 1. The Morgan fingerprint density at radius 3 is 2.70 bits per heavy atom. The molecule has 0 unspecified atom stereocenters. The first-order chi connectivity index (χ1) is 9.69. The lowest BCUT2D eigenvalue weighted by Crippen LogP contribution is -2.04. The van der Waals surface area contributed by atoms with Crippen LogP contribution in [0, 0.1) is 6.92 Å². The summed E-state index contributed by atoms with van der Waals surface area (Å²) in [6, 6.07) is 10.2. The molecule has 0 radical (unpaired) electrons. The molecular formula is C16H19NO3. The number of hydrogen-bond donors (Lipinski definition) is 0. The zero-order chi connectivity index (χ0) is 14.4. The van der Waals surface area contributed by atoms with E-state index in [2.05, 4.69) is 36.3 Å². The lowest BCUT2D eigenvalue weighted by Gasteiger charge is -2.00. The van der Waals surface area contributed by atoms with Gasteiger partial charge < -0.3 is 9.26 Å². The number of benzene rings is 1. The molecule has 0 bridgehead atoms. The van der Waals surface area contributed by atoms with E-state index in [1.165, 1.54) is 11.1 Å². The van der Waals surface area contributed by atoms with E-state index >= 15 is 0 Å². The number of aromatic nitrogens is 1. The summed E-state index contributed by atoms with van der Waals surface area (Å²) in [5.41, 5.74) is 2.82. The van der Waals surface area contributed by atoms with Crippen molar-refractivity contribution in [1.82, 2.24) is 5.16 Å². The topological polar surface area (TPSA) is 52.3 Å². The summed E-state index contributed by atoms with van der Waals surface area (Å²) in [6.07, 6.45) is 2.70. The zero-order valence-electron chi connectivity index (χ0n) is 11.9. The number of aryl methyl sites for hydroxylation is 3. The van der Waals surface area contributed by atoms with Gasteiger partial charge in [0.1, 0.15) is 5.76 Å². The molecule has 20 heavy (non-hydrogen) atoms. The second kappa shape index (κ2) is 6.89. The number of ether oxygens (including phenoxy) is 1. The minimum atomic E-state index is -0.430. The lowest BCUT2D eigenvalue weighted by molar-refractivity contribution is 0.0514. The van der Waals surface area contributed by atoms with Crippen LogP contribution >= 0.6 is 0 Å². The van der Waals surface area contributed by atoms with E-state index in [4.69, 9.17) is 9.26 Å². The number of hydrogen-bond acceptors (Lipinski definition) is 4. The maximum Gasteiger partial charge on any atom is 0.360 e. The van der Waals surface area contributed by atoms with Gasteiger partial charge in [0, 0.05) is 12.5 Å². The molecule has 0 aliphatic carbocycles. The average Bonchev–Trinajstić information content (AvgIpc) is 2.90. The van der Waals surface area contributed by atoms with Gasteiger partial charge in [-0.05, 0) is 32.3 Å². The van der Waals surface area contributed by atoms with Gasteiger partial charge in [-0.1, -0.05) is 35.0 Å². The van der Waals surface area contributed by atoms with Crippen LogP contribution in [0.25, 0.3) is 0 Å². The molecule has 1 aromatic heterocycles. The standard InChI is InChI=1S/C16H19NO3/c1-3-19-16(18)15-11-14(20-17-15)6-4-5-13-9-7-12(2)8-10-13/h7-11H,3-6H2,1-2H3. The van der Waals surface area contributed by atoms with E-state index in [9.17, 15) is 4.79 Å². The number of carbonyl (C=O) groups excluding carboxylic acids is 1. The van der Waals surface area contributed by atoms with Gasteiger partial charge in [-0.3, -0.25) is 0 Å². The summed E-state index contributed by atoms with van der Waals surface area (Å²) in [6.45, 7) is 4.18. The Balaban J connectivity index is 1.82. The summed E-state index contributed by atoms with van der Waals surface area (Å²) in [7, 11) is 0. The minimum absolute atomic E-state index is 0.247. The van der Waals surface area contributed by atoms with Gasteiger partial charge in [-0.15, -0.1) is 0 Å². The Labute approximate surface area is 118 Å². The van der Waals surface area contributed by atoms with E-state index in [1.54, 1.807) is 13.0 Å². The fraction of sp³-hybridized carbons (Fsp3) is 0.375. The maximum atomic E-state index is 11.4. The number of rotatable bonds is 6. The molecule has 0 saturated carbocycles. The van der Waals surface area contributed by atoms with Gasteiger partial charge >= 0.3 is 5.97 Å². The summed E-state index contributed by atoms with van der Waals surface area (Å²) in [5, 5.41) is 3.72. The normalized spacial score (nSPS) is 10.5. The first-order valence-electron chi connectivity index (χ1n) is 6.87. The lowest BCUT2D eigenvalue weighted by atomic mass is 10.1. The van der Waals surface area contributed by atoms with Crippen molar-refractivity contribution in [2.75, 3.05) is 6.61 Å². The minimum Gasteiger partial charge on any atom is -0.461 e. The van der Waals surface area contributed by atoms with Crippen molar-refractivity contribution in [2.45, 2.75) is 33.1 Å². The van der Waals surface area contributed by atoms with Crippen LogP contribution in [0.2, 0.25) is 0 Å². The van der Waals surface area contributed by atoms with Crippen molar-refractivity contribution < 1.29 is 14.1 Å². The van der Waals surface area contributed by atoms with Crippen molar-refractivity contribution in [2.24, 2.45) is 0 Å². The highest BCUT2D eigenvalue weighted by Crippen LogP contribution is 2.11. The van der Waals surface area contributed by atoms with E-state index < -0.39 is 5.97 Å². The molecule has 1 aromatic carbocycles. The fourth-order valence-corrected chi connectivity index (χ4v) is 1.95. The second-order valence-electron chi connectivity index (χ2n) is 4.74. The molecule has 0 atom stereocenters. The molecule has 0 aliphatic heterocycles. The van der Waals surface area contributed by atoms with Gasteiger partial charge in [0.2, 0.25) is 0 Å². The third kappa shape index (κ3) is 3.95. The van der Waals surface area contributed by atoms with Crippen molar-refractivity contribution in [3.63, 3.8) is 0 Å². The highest BCUT2D eigenvalue weighted by atomic mass is 16.5. The van der Waals surface area contributed by atoms with Gasteiger partial charge in [0.15, 0.2) is 5.69 Å². The molecule has 0 N–H and O–H groups in total. The van der Waals surface area contributed by atoms with Crippen molar-refractivity contribution in [1.29, 1.82) is 0 Å². The highest BCUT2D eigenvalue weighted by Gasteiger charge is 2.12. The zero-order valence-corrected chi connectivity index (χ0v) is 11.9. The number of esters is 1. The Morgan fingerprint density at radius 2 is 2.00 bits per heavy atom. The average molecular weight is 273 g/mol. The summed E-state index contributed by atoms with van der Waals surface area (Å²) in [5.74, 6) is 0.293. The quantitative estimate of drug-likeness (QED) is 0.757. The van der Waals surface area contributed by atoms with Crippen LogP contribution in [0.1, 0.15) is 40.7 Å². The van der Waals surface area contributed by atoms with E-state index in [-0.39, 0.29) is 5.69 Å². The fourth-order valence-electron chi connectivity index (χ4n) is 1.95. The molecular weight excluding hydrogens is 254 g/mol. The Hall–Kier alpha value is -2.10. The predicted molar refractivity (Wildman–Crippen MR) is 75.7 cm³/mol. The maximum absolute atomic E-state index is 11.4.